The third-order valence-electron chi connectivity index (χ3n) is 3.56. The Balaban J connectivity index is 1.93. The number of non-ortho nitro benzene ring substituents is 1. The number of nitro benzene ring substituents is 1. The van der Waals surface area contributed by atoms with Crippen LogP contribution in [-0.2, 0) is 9.59 Å². The largest absolute Gasteiger partial charge is 0.484 e. The van der Waals surface area contributed by atoms with E-state index in [9.17, 15) is 19.7 Å². The van der Waals surface area contributed by atoms with Gasteiger partial charge in [0.25, 0.3) is 11.6 Å². The lowest BCUT2D eigenvalue weighted by Gasteiger charge is -2.33. The first-order valence-corrected chi connectivity index (χ1v) is 6.95. The molecule has 8 nitrogen and oxygen atoms in total. The lowest BCUT2D eigenvalue weighted by atomic mass is 10.0. The molecule has 1 heterocycles. The number of piperidine rings is 1. The quantitative estimate of drug-likeness (QED) is 0.639. The number of carbonyl (C=O) groups is 2. The average molecular weight is 307 g/mol. The van der Waals surface area contributed by atoms with Gasteiger partial charge < -0.3 is 15.4 Å². The van der Waals surface area contributed by atoms with Crippen molar-refractivity contribution in [3.05, 3.63) is 34.4 Å². The first kappa shape index (κ1) is 15.7. The van der Waals surface area contributed by atoms with Gasteiger partial charge in [0, 0.05) is 18.7 Å². The Hall–Kier alpha value is -2.64. The Labute approximate surface area is 127 Å². The number of nitrogens with zero attached hydrogens (tertiary/aromatic N) is 2. The van der Waals surface area contributed by atoms with Crippen LogP contribution in [0.15, 0.2) is 24.3 Å². The molecular formula is C14H17N3O5. The molecule has 2 amide bonds. The highest BCUT2D eigenvalue weighted by atomic mass is 16.6. The summed E-state index contributed by atoms with van der Waals surface area (Å²) in [4.78, 5) is 35.0. The van der Waals surface area contributed by atoms with Gasteiger partial charge in [-0.3, -0.25) is 19.7 Å². The first-order chi connectivity index (χ1) is 10.5. The van der Waals surface area contributed by atoms with E-state index in [1.807, 2.05) is 0 Å². The molecule has 118 valence electrons. The van der Waals surface area contributed by atoms with Crippen LogP contribution in [0.3, 0.4) is 0 Å². The summed E-state index contributed by atoms with van der Waals surface area (Å²) >= 11 is 0. The number of nitrogens with two attached hydrogens (primary N) is 1. The van der Waals surface area contributed by atoms with Crippen LogP contribution in [0.4, 0.5) is 5.69 Å². The predicted octanol–water partition coefficient (Wildman–Crippen LogP) is 0.840. The van der Waals surface area contributed by atoms with E-state index in [2.05, 4.69) is 0 Å². The predicted molar refractivity (Wildman–Crippen MR) is 77.1 cm³/mol. The van der Waals surface area contributed by atoms with Crippen molar-refractivity contribution in [2.45, 2.75) is 25.3 Å². The number of ether oxygens (including phenoxy) is 1. The monoisotopic (exact) mass is 307 g/mol. The van der Waals surface area contributed by atoms with Gasteiger partial charge in [0.1, 0.15) is 11.8 Å². The van der Waals surface area contributed by atoms with Gasteiger partial charge in [-0.1, -0.05) is 0 Å². The summed E-state index contributed by atoms with van der Waals surface area (Å²) in [6, 6.07) is 4.86. The Morgan fingerprint density at radius 1 is 1.32 bits per heavy atom. The molecule has 1 saturated heterocycles. The van der Waals surface area contributed by atoms with E-state index >= 15 is 0 Å². The second-order valence-corrected chi connectivity index (χ2v) is 5.04. The van der Waals surface area contributed by atoms with Gasteiger partial charge in [0.2, 0.25) is 5.91 Å². The molecule has 2 N–H and O–H groups in total. The molecule has 2 rings (SSSR count). The normalized spacial score (nSPS) is 17.8. The molecule has 1 aliphatic rings. The molecule has 0 unspecified atom stereocenters. The Bertz CT molecular complexity index is 572. The zero-order valence-corrected chi connectivity index (χ0v) is 11.9. The molecule has 1 atom stereocenters. The number of rotatable bonds is 5. The summed E-state index contributed by atoms with van der Waals surface area (Å²) in [6.45, 7) is 0.248. The highest BCUT2D eigenvalue weighted by molar-refractivity contribution is 5.87. The second kappa shape index (κ2) is 6.88. The molecule has 0 radical (unpaired) electrons. The molecule has 1 fully saturated rings. The highest BCUT2D eigenvalue weighted by Crippen LogP contribution is 2.19. The summed E-state index contributed by atoms with van der Waals surface area (Å²) in [5, 5.41) is 10.5. The zero-order chi connectivity index (χ0) is 16.1. The van der Waals surface area contributed by atoms with Gasteiger partial charge in [-0.15, -0.1) is 0 Å². The maximum Gasteiger partial charge on any atom is 0.269 e. The van der Waals surface area contributed by atoms with E-state index in [1.165, 1.54) is 29.2 Å². The fraction of sp³-hybridized carbons (Fsp3) is 0.429. The summed E-state index contributed by atoms with van der Waals surface area (Å²) < 4.78 is 5.32. The first-order valence-electron chi connectivity index (χ1n) is 6.95. The van der Waals surface area contributed by atoms with Gasteiger partial charge in [0.15, 0.2) is 6.61 Å². The third-order valence-corrected chi connectivity index (χ3v) is 3.56. The van der Waals surface area contributed by atoms with Crippen LogP contribution in [0.25, 0.3) is 0 Å². The number of primary amides is 1. The third kappa shape index (κ3) is 3.72. The lowest BCUT2D eigenvalue weighted by molar-refractivity contribution is -0.384. The molecular weight excluding hydrogens is 290 g/mol. The van der Waals surface area contributed by atoms with E-state index in [4.69, 9.17) is 10.5 Å². The number of benzene rings is 1. The minimum atomic E-state index is -0.582. The summed E-state index contributed by atoms with van der Waals surface area (Å²) in [7, 11) is 0. The molecule has 8 heteroatoms. The molecule has 0 aliphatic carbocycles. The molecule has 1 aliphatic heterocycles. The number of hydrogen-bond acceptors (Lipinski definition) is 5. The van der Waals surface area contributed by atoms with Gasteiger partial charge in [-0.05, 0) is 31.4 Å². The fourth-order valence-corrected chi connectivity index (χ4v) is 2.42. The van der Waals surface area contributed by atoms with Crippen molar-refractivity contribution in [1.82, 2.24) is 4.90 Å². The summed E-state index contributed by atoms with van der Waals surface area (Å²) in [5.74, 6) is -0.475. The number of likely N-dealkylation sites (tertiary alicyclic amines) is 1. The van der Waals surface area contributed by atoms with E-state index < -0.39 is 16.9 Å². The van der Waals surface area contributed by atoms with Crippen LogP contribution in [0.1, 0.15) is 19.3 Å². The number of nitro groups is 1. The van der Waals surface area contributed by atoms with Crippen molar-refractivity contribution in [3.63, 3.8) is 0 Å². The lowest BCUT2D eigenvalue weighted by Crippen LogP contribution is -2.51. The smallest absolute Gasteiger partial charge is 0.269 e. The van der Waals surface area contributed by atoms with Crippen LogP contribution >= 0.6 is 0 Å². The topological polar surface area (TPSA) is 116 Å². The fourth-order valence-electron chi connectivity index (χ4n) is 2.42. The van der Waals surface area contributed by atoms with Crippen molar-refractivity contribution in [2.75, 3.05) is 13.2 Å². The van der Waals surface area contributed by atoms with Crippen molar-refractivity contribution in [2.24, 2.45) is 5.73 Å². The van der Waals surface area contributed by atoms with Crippen molar-refractivity contribution < 1.29 is 19.2 Å². The molecule has 1 aromatic rings. The highest BCUT2D eigenvalue weighted by Gasteiger charge is 2.30. The van der Waals surface area contributed by atoms with Crippen LogP contribution in [0.5, 0.6) is 5.75 Å². The maximum absolute atomic E-state index is 12.1. The molecule has 0 bridgehead atoms. The Morgan fingerprint density at radius 3 is 2.59 bits per heavy atom. The molecule has 1 aromatic carbocycles. The molecule has 0 spiro atoms. The van der Waals surface area contributed by atoms with Crippen LogP contribution in [0, 0.1) is 10.1 Å². The van der Waals surface area contributed by atoms with Gasteiger partial charge >= 0.3 is 0 Å². The van der Waals surface area contributed by atoms with E-state index in [1.54, 1.807) is 0 Å². The standard InChI is InChI=1S/C14H17N3O5/c15-14(19)12-3-1-2-8-16(12)13(18)9-22-11-6-4-10(5-7-11)17(20)21/h4-7,12H,1-3,8-9H2,(H2,15,19)/t12-/m1/s1. The SMILES string of the molecule is NC(=O)[C@H]1CCCCN1C(=O)COc1ccc([N+](=O)[O-])cc1. The van der Waals surface area contributed by atoms with E-state index in [-0.39, 0.29) is 18.2 Å². The van der Waals surface area contributed by atoms with Gasteiger partial charge in [0.05, 0.1) is 4.92 Å². The minimum absolute atomic E-state index is 0.0523. The molecule has 0 aromatic heterocycles. The Kier molecular flexibility index (Phi) is 4.92. The van der Waals surface area contributed by atoms with Crippen LogP contribution < -0.4 is 10.5 Å². The second-order valence-electron chi connectivity index (χ2n) is 5.04. The number of hydrogen-bond donors (Lipinski definition) is 1. The van der Waals surface area contributed by atoms with Crippen molar-refractivity contribution >= 4 is 17.5 Å². The van der Waals surface area contributed by atoms with E-state index in [0.29, 0.717) is 18.7 Å². The molecule has 0 saturated carbocycles. The van der Waals surface area contributed by atoms with Gasteiger partial charge in [-0.2, -0.15) is 0 Å². The number of amides is 2. The van der Waals surface area contributed by atoms with E-state index in [0.717, 1.165) is 12.8 Å². The Morgan fingerprint density at radius 2 is 2.00 bits per heavy atom. The molecule has 22 heavy (non-hydrogen) atoms. The van der Waals surface area contributed by atoms with Crippen LogP contribution in [0.2, 0.25) is 0 Å². The zero-order valence-electron chi connectivity index (χ0n) is 11.9. The van der Waals surface area contributed by atoms with Crippen molar-refractivity contribution in [1.29, 1.82) is 0 Å². The summed E-state index contributed by atoms with van der Waals surface area (Å²) in [5.41, 5.74) is 5.26. The number of carbonyl (C=O) groups excluding carboxylic acids is 2. The minimum Gasteiger partial charge on any atom is -0.484 e. The van der Waals surface area contributed by atoms with Gasteiger partial charge in [-0.25, -0.2) is 0 Å². The summed E-state index contributed by atoms with van der Waals surface area (Å²) in [6.07, 6.45) is 2.26. The van der Waals surface area contributed by atoms with Crippen LogP contribution in [-0.4, -0.2) is 40.8 Å². The van der Waals surface area contributed by atoms with Crippen molar-refractivity contribution in [3.8, 4) is 5.75 Å². The maximum atomic E-state index is 12.1. The average Bonchev–Trinajstić information content (AvgIpc) is 2.53.